The quantitative estimate of drug-likeness (QED) is 0.537. The van der Waals surface area contributed by atoms with E-state index in [1.807, 2.05) is 6.08 Å². The number of aliphatic hydroxyl groups excluding tert-OH is 1. The summed E-state index contributed by atoms with van der Waals surface area (Å²) in [5.74, 6) is 0.211. The Bertz CT molecular complexity index is 354. The lowest BCUT2D eigenvalue weighted by molar-refractivity contribution is 0.174. The van der Waals surface area contributed by atoms with Crippen molar-refractivity contribution in [3.05, 3.63) is 12.7 Å². The molecule has 2 unspecified atom stereocenters. The number of rotatable bonds is 5. The maximum Gasteiger partial charge on any atom is 0.315 e. The second kappa shape index (κ2) is 9.16. The molecule has 3 N–H and O–H groups in total. The van der Waals surface area contributed by atoms with Gasteiger partial charge in [-0.3, -0.25) is 4.90 Å². The first-order chi connectivity index (χ1) is 10.7. The van der Waals surface area contributed by atoms with Crippen LogP contribution in [0.3, 0.4) is 0 Å². The Morgan fingerprint density at radius 1 is 1.14 bits per heavy atom. The molecule has 0 radical (unpaired) electrons. The molecule has 2 rings (SSSR count). The maximum absolute atomic E-state index is 12.2. The predicted molar refractivity (Wildman–Crippen MR) is 88.8 cm³/mol. The number of likely N-dealkylation sites (tertiary alicyclic amines) is 1. The van der Waals surface area contributed by atoms with Crippen molar-refractivity contribution in [3.8, 4) is 0 Å². The first kappa shape index (κ1) is 17.3. The van der Waals surface area contributed by atoms with Gasteiger partial charge in [0.25, 0.3) is 0 Å². The third-order valence-electron chi connectivity index (χ3n) is 5.02. The minimum Gasteiger partial charge on any atom is -0.396 e. The van der Waals surface area contributed by atoms with Crippen LogP contribution in [0.5, 0.6) is 0 Å². The minimum atomic E-state index is -0.0625. The standard InChI is InChI=1S/C17H31N3O2/c1-2-10-20-11-8-15(9-12-20)18-17(22)19-16-7-5-3-4-6-14(16)13-21/h2,14-16,21H,1,3-13H2,(H2,18,19,22). The van der Waals surface area contributed by atoms with Gasteiger partial charge in [-0.05, 0) is 25.7 Å². The molecule has 0 aromatic heterocycles. The van der Waals surface area contributed by atoms with E-state index in [0.717, 1.165) is 58.2 Å². The van der Waals surface area contributed by atoms with Gasteiger partial charge in [0.05, 0.1) is 0 Å². The van der Waals surface area contributed by atoms with Crippen LogP contribution >= 0.6 is 0 Å². The van der Waals surface area contributed by atoms with E-state index in [0.29, 0.717) is 0 Å². The fourth-order valence-corrected chi connectivity index (χ4v) is 3.63. The summed E-state index contributed by atoms with van der Waals surface area (Å²) in [5.41, 5.74) is 0. The van der Waals surface area contributed by atoms with E-state index in [-0.39, 0.29) is 30.6 Å². The monoisotopic (exact) mass is 309 g/mol. The van der Waals surface area contributed by atoms with E-state index in [4.69, 9.17) is 0 Å². The topological polar surface area (TPSA) is 64.6 Å². The van der Waals surface area contributed by atoms with Gasteiger partial charge in [-0.2, -0.15) is 0 Å². The number of hydrogen-bond donors (Lipinski definition) is 3. The Labute approximate surface area is 134 Å². The third kappa shape index (κ3) is 5.29. The van der Waals surface area contributed by atoms with Crippen LogP contribution in [0, 0.1) is 5.92 Å². The first-order valence-corrected chi connectivity index (χ1v) is 8.74. The largest absolute Gasteiger partial charge is 0.396 e. The molecule has 1 aliphatic heterocycles. The van der Waals surface area contributed by atoms with Crippen LogP contribution in [0.2, 0.25) is 0 Å². The number of nitrogens with one attached hydrogen (secondary N) is 2. The number of carbonyl (C=O) groups excluding carboxylic acids is 1. The molecule has 0 aromatic carbocycles. The lowest BCUT2D eigenvalue weighted by Crippen LogP contribution is -2.51. The zero-order chi connectivity index (χ0) is 15.8. The Morgan fingerprint density at radius 3 is 2.55 bits per heavy atom. The van der Waals surface area contributed by atoms with Crippen molar-refractivity contribution in [1.29, 1.82) is 0 Å². The molecule has 5 heteroatoms. The number of urea groups is 1. The highest BCUT2D eigenvalue weighted by Gasteiger charge is 2.26. The zero-order valence-electron chi connectivity index (χ0n) is 13.6. The smallest absolute Gasteiger partial charge is 0.315 e. The van der Waals surface area contributed by atoms with Crippen molar-refractivity contribution in [1.82, 2.24) is 15.5 Å². The lowest BCUT2D eigenvalue weighted by atomic mass is 9.96. The Morgan fingerprint density at radius 2 is 1.86 bits per heavy atom. The summed E-state index contributed by atoms with van der Waals surface area (Å²) in [6.45, 7) is 6.90. The van der Waals surface area contributed by atoms with Crippen molar-refractivity contribution >= 4 is 6.03 Å². The van der Waals surface area contributed by atoms with Gasteiger partial charge >= 0.3 is 6.03 Å². The average molecular weight is 309 g/mol. The first-order valence-electron chi connectivity index (χ1n) is 8.74. The Hall–Kier alpha value is -1.07. The third-order valence-corrected chi connectivity index (χ3v) is 5.02. The summed E-state index contributed by atoms with van der Waals surface area (Å²) in [5, 5.41) is 15.7. The molecule has 1 aliphatic carbocycles. The molecule has 1 saturated heterocycles. The summed E-state index contributed by atoms with van der Waals surface area (Å²) in [4.78, 5) is 14.6. The van der Waals surface area contributed by atoms with E-state index in [1.54, 1.807) is 0 Å². The van der Waals surface area contributed by atoms with Gasteiger partial charge in [-0.1, -0.05) is 25.3 Å². The van der Waals surface area contributed by atoms with E-state index < -0.39 is 0 Å². The lowest BCUT2D eigenvalue weighted by Gasteiger charge is -2.32. The van der Waals surface area contributed by atoms with Gasteiger partial charge in [0.15, 0.2) is 0 Å². The van der Waals surface area contributed by atoms with Crippen LogP contribution in [0.1, 0.15) is 44.9 Å². The van der Waals surface area contributed by atoms with E-state index in [2.05, 4.69) is 22.1 Å². The van der Waals surface area contributed by atoms with Crippen LogP contribution in [-0.2, 0) is 0 Å². The summed E-state index contributed by atoms with van der Waals surface area (Å²) < 4.78 is 0. The van der Waals surface area contributed by atoms with Crippen LogP contribution in [0.15, 0.2) is 12.7 Å². The molecule has 2 fully saturated rings. The second-order valence-corrected chi connectivity index (χ2v) is 6.67. The Balaban J connectivity index is 1.74. The molecule has 0 aromatic rings. The molecular weight excluding hydrogens is 278 g/mol. The number of piperidine rings is 1. The summed E-state index contributed by atoms with van der Waals surface area (Å²) in [7, 11) is 0. The maximum atomic E-state index is 12.2. The minimum absolute atomic E-state index is 0.0625. The van der Waals surface area contributed by atoms with Crippen molar-refractivity contribution < 1.29 is 9.90 Å². The molecule has 2 atom stereocenters. The highest BCUT2D eigenvalue weighted by atomic mass is 16.3. The van der Waals surface area contributed by atoms with Gasteiger partial charge in [-0.25, -0.2) is 4.79 Å². The van der Waals surface area contributed by atoms with Gasteiger partial charge in [0.1, 0.15) is 0 Å². The summed E-state index contributed by atoms with van der Waals surface area (Å²) >= 11 is 0. The zero-order valence-corrected chi connectivity index (χ0v) is 13.6. The predicted octanol–water partition coefficient (Wildman–Crippen LogP) is 1.88. The molecular formula is C17H31N3O2. The fraction of sp³-hybridized carbons (Fsp3) is 0.824. The number of aliphatic hydroxyl groups is 1. The van der Waals surface area contributed by atoms with Crippen LogP contribution in [0.25, 0.3) is 0 Å². The fourth-order valence-electron chi connectivity index (χ4n) is 3.63. The molecule has 0 spiro atoms. The van der Waals surface area contributed by atoms with Crippen molar-refractivity contribution in [2.75, 3.05) is 26.2 Å². The summed E-state index contributed by atoms with van der Waals surface area (Å²) in [6, 6.07) is 0.320. The molecule has 2 aliphatic rings. The van der Waals surface area contributed by atoms with E-state index in [1.165, 1.54) is 6.42 Å². The molecule has 1 heterocycles. The van der Waals surface area contributed by atoms with Crippen molar-refractivity contribution in [2.24, 2.45) is 5.92 Å². The number of nitrogens with zero attached hydrogens (tertiary/aromatic N) is 1. The van der Waals surface area contributed by atoms with Crippen molar-refractivity contribution in [2.45, 2.75) is 57.0 Å². The highest BCUT2D eigenvalue weighted by molar-refractivity contribution is 5.74. The number of carbonyl (C=O) groups is 1. The second-order valence-electron chi connectivity index (χ2n) is 6.67. The molecule has 22 heavy (non-hydrogen) atoms. The van der Waals surface area contributed by atoms with Crippen LogP contribution in [-0.4, -0.2) is 54.4 Å². The normalized spacial score (nSPS) is 27.9. The SMILES string of the molecule is C=CCN1CCC(NC(=O)NC2CCCCCC2CO)CC1. The molecule has 2 amide bonds. The van der Waals surface area contributed by atoms with Gasteiger partial charge in [0, 0.05) is 44.2 Å². The van der Waals surface area contributed by atoms with Crippen LogP contribution in [0.4, 0.5) is 4.79 Å². The Kier molecular flexibility index (Phi) is 7.19. The summed E-state index contributed by atoms with van der Waals surface area (Å²) in [6.07, 6.45) is 9.43. The molecule has 126 valence electrons. The van der Waals surface area contributed by atoms with Gasteiger partial charge in [-0.15, -0.1) is 6.58 Å². The highest BCUT2D eigenvalue weighted by Crippen LogP contribution is 2.23. The van der Waals surface area contributed by atoms with E-state index in [9.17, 15) is 9.90 Å². The average Bonchev–Trinajstić information content (AvgIpc) is 2.74. The molecule has 0 bridgehead atoms. The van der Waals surface area contributed by atoms with Gasteiger partial charge in [0.2, 0.25) is 0 Å². The van der Waals surface area contributed by atoms with Crippen molar-refractivity contribution in [3.63, 3.8) is 0 Å². The molecule has 5 nitrogen and oxygen atoms in total. The van der Waals surface area contributed by atoms with Crippen LogP contribution < -0.4 is 10.6 Å². The number of hydrogen-bond acceptors (Lipinski definition) is 3. The molecule has 1 saturated carbocycles. The number of amides is 2. The van der Waals surface area contributed by atoms with Gasteiger partial charge < -0.3 is 15.7 Å². The van der Waals surface area contributed by atoms with E-state index >= 15 is 0 Å².